The number of aromatic hydroxyl groups is 2. The Morgan fingerprint density at radius 2 is 1.61 bits per heavy atom. The number of carbonyl (C=O) groups excluding carboxylic acids is 1. The standard InChI is InChI=1S/C13H11NO3.ClH/c14-11-10(15)7-6-9(13(11)17)12(16)8-4-2-1-3-5-8;/h1-7,15,17H,14H2;1H. The molecule has 0 radical (unpaired) electrons. The number of nitrogens with two attached hydrogens (primary N) is 1. The van der Waals surface area contributed by atoms with Crippen molar-refractivity contribution in [3.63, 3.8) is 0 Å². The first-order valence-corrected chi connectivity index (χ1v) is 5.01. The van der Waals surface area contributed by atoms with Gasteiger partial charge in [0, 0.05) is 5.56 Å². The summed E-state index contributed by atoms with van der Waals surface area (Å²) in [7, 11) is 0. The van der Waals surface area contributed by atoms with Crippen molar-refractivity contribution in [2.45, 2.75) is 0 Å². The van der Waals surface area contributed by atoms with Gasteiger partial charge in [-0.3, -0.25) is 4.79 Å². The molecule has 4 nitrogen and oxygen atoms in total. The summed E-state index contributed by atoms with van der Waals surface area (Å²) < 4.78 is 0. The second-order valence-corrected chi connectivity index (χ2v) is 3.59. The van der Waals surface area contributed by atoms with Crippen LogP contribution in [0.5, 0.6) is 11.5 Å². The summed E-state index contributed by atoms with van der Waals surface area (Å²) in [5.41, 5.74) is 5.79. The summed E-state index contributed by atoms with van der Waals surface area (Å²) in [6.07, 6.45) is 0. The molecule has 2 aromatic carbocycles. The molecule has 5 heteroatoms. The molecule has 0 amide bonds. The number of carbonyl (C=O) groups is 1. The highest BCUT2D eigenvalue weighted by Crippen LogP contribution is 2.34. The molecule has 2 aromatic rings. The minimum Gasteiger partial charge on any atom is -0.506 e. The number of ketones is 1. The van der Waals surface area contributed by atoms with Crippen LogP contribution in [0.25, 0.3) is 0 Å². The molecule has 0 saturated carbocycles. The van der Waals surface area contributed by atoms with Crippen molar-refractivity contribution in [1.29, 1.82) is 0 Å². The van der Waals surface area contributed by atoms with Gasteiger partial charge in [0.15, 0.2) is 11.5 Å². The van der Waals surface area contributed by atoms with Gasteiger partial charge in [-0.2, -0.15) is 0 Å². The van der Waals surface area contributed by atoms with Crippen LogP contribution in [0.4, 0.5) is 5.69 Å². The molecule has 2 rings (SSSR count). The normalized spacial score (nSPS) is 9.56. The van der Waals surface area contributed by atoms with Crippen LogP contribution in [0.2, 0.25) is 0 Å². The lowest BCUT2D eigenvalue weighted by atomic mass is 10.0. The van der Waals surface area contributed by atoms with E-state index >= 15 is 0 Å². The van der Waals surface area contributed by atoms with Crippen molar-refractivity contribution in [3.8, 4) is 11.5 Å². The summed E-state index contributed by atoms with van der Waals surface area (Å²) >= 11 is 0. The topological polar surface area (TPSA) is 83.5 Å². The zero-order chi connectivity index (χ0) is 12.4. The maximum Gasteiger partial charge on any atom is 0.196 e. The molecule has 0 unspecified atom stereocenters. The first kappa shape index (κ1) is 13.9. The van der Waals surface area contributed by atoms with Crippen molar-refractivity contribution >= 4 is 23.9 Å². The molecule has 0 aliphatic heterocycles. The lowest BCUT2D eigenvalue weighted by Crippen LogP contribution is -2.02. The van der Waals surface area contributed by atoms with Gasteiger partial charge < -0.3 is 15.9 Å². The van der Waals surface area contributed by atoms with Crippen molar-refractivity contribution in [3.05, 3.63) is 53.6 Å². The van der Waals surface area contributed by atoms with Gasteiger partial charge >= 0.3 is 0 Å². The van der Waals surface area contributed by atoms with Crippen LogP contribution in [0.3, 0.4) is 0 Å². The average Bonchev–Trinajstić information content (AvgIpc) is 2.36. The predicted octanol–water partition coefficient (Wildman–Crippen LogP) is 2.33. The molecule has 0 aliphatic rings. The molecule has 4 N–H and O–H groups in total. The largest absolute Gasteiger partial charge is 0.506 e. The summed E-state index contributed by atoms with van der Waals surface area (Å²) in [5, 5.41) is 19.0. The van der Waals surface area contributed by atoms with Gasteiger partial charge in [0.1, 0.15) is 11.4 Å². The maximum absolute atomic E-state index is 12.0. The molecule has 0 heterocycles. The fourth-order valence-corrected chi connectivity index (χ4v) is 1.53. The summed E-state index contributed by atoms with van der Waals surface area (Å²) in [5.74, 6) is -0.972. The third-order valence-corrected chi connectivity index (χ3v) is 2.47. The third kappa shape index (κ3) is 2.38. The van der Waals surface area contributed by atoms with E-state index in [1.165, 1.54) is 12.1 Å². The zero-order valence-corrected chi connectivity index (χ0v) is 10.1. The molecule has 0 aromatic heterocycles. The van der Waals surface area contributed by atoms with E-state index in [1.54, 1.807) is 30.3 Å². The van der Waals surface area contributed by atoms with Gasteiger partial charge in [0.05, 0.1) is 5.56 Å². The molecule has 0 atom stereocenters. The highest BCUT2D eigenvalue weighted by Gasteiger charge is 2.16. The Kier molecular flexibility index (Phi) is 4.18. The smallest absolute Gasteiger partial charge is 0.196 e. The number of rotatable bonds is 2. The molecule has 0 fully saturated rings. The van der Waals surface area contributed by atoms with Crippen LogP contribution in [0.15, 0.2) is 42.5 Å². The first-order chi connectivity index (χ1) is 8.11. The lowest BCUT2D eigenvalue weighted by molar-refractivity contribution is 0.103. The third-order valence-electron chi connectivity index (χ3n) is 2.47. The summed E-state index contributed by atoms with van der Waals surface area (Å²) in [6, 6.07) is 11.2. The van der Waals surface area contributed by atoms with Gasteiger partial charge in [0.2, 0.25) is 0 Å². The Morgan fingerprint density at radius 3 is 2.22 bits per heavy atom. The Balaban J connectivity index is 0.00000162. The lowest BCUT2D eigenvalue weighted by Gasteiger charge is -2.07. The second-order valence-electron chi connectivity index (χ2n) is 3.59. The van der Waals surface area contributed by atoms with Gasteiger partial charge in [-0.25, -0.2) is 0 Å². The van der Waals surface area contributed by atoms with Crippen LogP contribution in [-0.2, 0) is 0 Å². The minimum absolute atomic E-state index is 0. The first-order valence-electron chi connectivity index (χ1n) is 5.01. The Hall–Kier alpha value is -2.20. The van der Waals surface area contributed by atoms with Gasteiger partial charge in [-0.15, -0.1) is 12.4 Å². The number of phenols is 2. The molecule has 0 bridgehead atoms. The number of hydrogen-bond donors (Lipinski definition) is 3. The van der Waals surface area contributed by atoms with Gasteiger partial charge in [-0.05, 0) is 12.1 Å². The van der Waals surface area contributed by atoms with Crippen LogP contribution in [-0.4, -0.2) is 16.0 Å². The SMILES string of the molecule is Cl.Nc1c(O)ccc(C(=O)c2ccccc2)c1O. The highest BCUT2D eigenvalue weighted by atomic mass is 35.5. The minimum atomic E-state index is -0.390. The van der Waals surface area contributed by atoms with Crippen LogP contribution in [0.1, 0.15) is 15.9 Å². The molecule has 0 aliphatic carbocycles. The van der Waals surface area contributed by atoms with Crippen molar-refractivity contribution < 1.29 is 15.0 Å². The van der Waals surface area contributed by atoms with Crippen molar-refractivity contribution in [1.82, 2.24) is 0 Å². The van der Waals surface area contributed by atoms with Gasteiger partial charge in [0.25, 0.3) is 0 Å². The zero-order valence-electron chi connectivity index (χ0n) is 9.33. The Morgan fingerprint density at radius 1 is 1.00 bits per heavy atom. The average molecular weight is 266 g/mol. The molecule has 0 spiro atoms. The van der Waals surface area contributed by atoms with E-state index in [2.05, 4.69) is 0 Å². The summed E-state index contributed by atoms with van der Waals surface area (Å²) in [4.78, 5) is 12.0. The Labute approximate surface area is 110 Å². The van der Waals surface area contributed by atoms with Gasteiger partial charge in [-0.1, -0.05) is 30.3 Å². The molecule has 18 heavy (non-hydrogen) atoms. The number of halogens is 1. The molecule has 0 saturated heterocycles. The van der Waals surface area contributed by atoms with E-state index in [9.17, 15) is 15.0 Å². The number of phenolic OH excluding ortho intramolecular Hbond substituents is 2. The van der Waals surface area contributed by atoms with E-state index in [-0.39, 0.29) is 40.9 Å². The number of hydrogen-bond acceptors (Lipinski definition) is 4. The molecular formula is C13H12ClNO3. The summed E-state index contributed by atoms with van der Waals surface area (Å²) in [6.45, 7) is 0. The van der Waals surface area contributed by atoms with E-state index < -0.39 is 0 Å². The van der Waals surface area contributed by atoms with Crippen molar-refractivity contribution in [2.75, 3.05) is 5.73 Å². The number of nitrogen functional groups attached to an aromatic ring is 1. The molecule has 94 valence electrons. The Bertz CT molecular complexity index is 570. The predicted molar refractivity (Wildman–Crippen MR) is 71.3 cm³/mol. The number of anilines is 1. The fraction of sp³-hybridized carbons (Fsp3) is 0. The number of benzene rings is 2. The highest BCUT2D eigenvalue weighted by molar-refractivity contribution is 6.11. The van der Waals surface area contributed by atoms with E-state index in [0.717, 1.165) is 0 Å². The van der Waals surface area contributed by atoms with Crippen LogP contribution < -0.4 is 5.73 Å². The quantitative estimate of drug-likeness (QED) is 0.442. The van der Waals surface area contributed by atoms with Crippen molar-refractivity contribution in [2.24, 2.45) is 0 Å². The second kappa shape index (κ2) is 5.42. The fourth-order valence-electron chi connectivity index (χ4n) is 1.53. The molecular weight excluding hydrogens is 254 g/mol. The van der Waals surface area contributed by atoms with E-state index in [0.29, 0.717) is 5.56 Å². The van der Waals surface area contributed by atoms with E-state index in [1.807, 2.05) is 0 Å². The van der Waals surface area contributed by atoms with E-state index in [4.69, 9.17) is 5.73 Å². The maximum atomic E-state index is 12.0. The monoisotopic (exact) mass is 265 g/mol. The van der Waals surface area contributed by atoms with Crippen LogP contribution in [0, 0.1) is 0 Å². The van der Waals surface area contributed by atoms with Crippen LogP contribution >= 0.6 is 12.4 Å².